The van der Waals surface area contributed by atoms with E-state index in [1.165, 1.54) is 122 Å². The molecule has 51 heavy (non-hydrogen) atoms. The molecule has 0 aliphatic carbocycles. The molecule has 3 N–H and O–H groups in total. The van der Waals surface area contributed by atoms with Crippen molar-refractivity contribution in [3.05, 3.63) is 12.2 Å². The molecule has 0 rings (SSSR count). The van der Waals surface area contributed by atoms with E-state index in [0.717, 1.165) is 51.4 Å². The molecule has 0 saturated heterocycles. The Kier molecular flexibility index (Phi) is 37.5. The minimum absolute atomic E-state index is 0.0548. The molecule has 1 unspecified atom stereocenters. The Hall–Kier alpha value is -1.25. The topological polar surface area (TPSA) is 134 Å². The second kappa shape index (κ2) is 38.5. The number of allylic oxidation sites excluding steroid dienone is 2. The third-order valence-corrected chi connectivity index (χ3v) is 10.1. The van der Waals surface area contributed by atoms with E-state index in [4.69, 9.17) is 24.3 Å². The number of hydrogen-bond acceptors (Lipinski definition) is 8. The van der Waals surface area contributed by atoms with E-state index >= 15 is 0 Å². The van der Waals surface area contributed by atoms with Crippen LogP contribution in [0.1, 0.15) is 206 Å². The summed E-state index contributed by atoms with van der Waals surface area (Å²) in [5.74, 6) is -0.829. The Morgan fingerprint density at radius 1 is 0.569 bits per heavy atom. The highest BCUT2D eigenvalue weighted by Gasteiger charge is 2.26. The van der Waals surface area contributed by atoms with Gasteiger partial charge in [0.05, 0.1) is 13.2 Å². The highest BCUT2D eigenvalue weighted by atomic mass is 31.2. The van der Waals surface area contributed by atoms with E-state index in [0.29, 0.717) is 6.42 Å². The zero-order valence-corrected chi connectivity index (χ0v) is 34.0. The summed E-state index contributed by atoms with van der Waals surface area (Å²) in [6.07, 6.45) is 38.1. The predicted octanol–water partition coefficient (Wildman–Crippen LogP) is 11.8. The van der Waals surface area contributed by atoms with Gasteiger partial charge in [-0.05, 0) is 38.5 Å². The fraction of sp³-hybridized carbons (Fsp3) is 0.902. The van der Waals surface area contributed by atoms with E-state index in [2.05, 4.69) is 26.0 Å². The summed E-state index contributed by atoms with van der Waals surface area (Å²) < 4.78 is 32.7. The van der Waals surface area contributed by atoms with Gasteiger partial charge in [-0.25, -0.2) is 4.57 Å². The van der Waals surface area contributed by atoms with Crippen LogP contribution in [-0.4, -0.2) is 49.3 Å². The van der Waals surface area contributed by atoms with Crippen molar-refractivity contribution in [2.45, 2.75) is 213 Å². The summed E-state index contributed by atoms with van der Waals surface area (Å²) in [5.41, 5.74) is 5.34. The highest BCUT2D eigenvalue weighted by Crippen LogP contribution is 2.43. The van der Waals surface area contributed by atoms with Crippen molar-refractivity contribution in [2.24, 2.45) is 5.73 Å². The van der Waals surface area contributed by atoms with E-state index in [1.54, 1.807) is 0 Å². The van der Waals surface area contributed by atoms with Crippen molar-refractivity contribution in [2.75, 3.05) is 26.4 Å². The lowest BCUT2D eigenvalue weighted by atomic mass is 10.0. The minimum atomic E-state index is -4.37. The van der Waals surface area contributed by atoms with Crippen LogP contribution < -0.4 is 5.73 Å². The van der Waals surface area contributed by atoms with Crippen LogP contribution in [-0.2, 0) is 32.7 Å². The molecule has 0 saturated carbocycles. The van der Waals surface area contributed by atoms with Crippen LogP contribution >= 0.6 is 7.82 Å². The molecule has 0 heterocycles. The van der Waals surface area contributed by atoms with Crippen LogP contribution in [0.15, 0.2) is 12.2 Å². The van der Waals surface area contributed by atoms with Crippen molar-refractivity contribution in [3.8, 4) is 0 Å². The van der Waals surface area contributed by atoms with Gasteiger partial charge in [0.15, 0.2) is 6.10 Å². The highest BCUT2D eigenvalue weighted by molar-refractivity contribution is 7.47. The molecule has 0 aromatic rings. The van der Waals surface area contributed by atoms with Gasteiger partial charge in [-0.1, -0.05) is 167 Å². The molecule has 302 valence electrons. The molecular weight excluding hydrogens is 665 g/mol. The first-order chi connectivity index (χ1) is 24.8. The van der Waals surface area contributed by atoms with Crippen molar-refractivity contribution >= 4 is 19.8 Å². The zero-order chi connectivity index (χ0) is 37.5. The normalized spacial score (nSPS) is 13.4. The van der Waals surface area contributed by atoms with Crippen molar-refractivity contribution < 1.29 is 37.6 Å². The van der Waals surface area contributed by atoms with Crippen LogP contribution in [0.25, 0.3) is 0 Å². The summed E-state index contributed by atoms with van der Waals surface area (Å²) in [4.78, 5) is 34.8. The average molecular weight is 746 g/mol. The molecular formula is C41H80NO8P. The first-order valence-electron chi connectivity index (χ1n) is 21.2. The lowest BCUT2D eigenvalue weighted by Gasteiger charge is -2.19. The van der Waals surface area contributed by atoms with Crippen LogP contribution in [0.3, 0.4) is 0 Å². The van der Waals surface area contributed by atoms with E-state index in [1.807, 2.05) is 0 Å². The first-order valence-corrected chi connectivity index (χ1v) is 22.7. The van der Waals surface area contributed by atoms with Gasteiger partial charge < -0.3 is 20.1 Å². The fourth-order valence-corrected chi connectivity index (χ4v) is 6.75. The molecule has 0 aromatic heterocycles. The van der Waals surface area contributed by atoms with Gasteiger partial charge in [0.25, 0.3) is 0 Å². The van der Waals surface area contributed by atoms with Gasteiger partial charge in [-0.2, -0.15) is 0 Å². The first kappa shape index (κ1) is 49.8. The van der Waals surface area contributed by atoms with Gasteiger partial charge in [0.1, 0.15) is 6.61 Å². The number of carbonyl (C=O) groups excluding carboxylic acids is 2. The van der Waals surface area contributed by atoms with E-state index in [-0.39, 0.29) is 38.6 Å². The third-order valence-electron chi connectivity index (χ3n) is 9.15. The van der Waals surface area contributed by atoms with Crippen LogP contribution in [0.2, 0.25) is 0 Å². The predicted molar refractivity (Wildman–Crippen MR) is 211 cm³/mol. The van der Waals surface area contributed by atoms with Crippen LogP contribution in [0, 0.1) is 0 Å². The quantitative estimate of drug-likeness (QED) is 0.0272. The lowest BCUT2D eigenvalue weighted by Crippen LogP contribution is -2.29. The Morgan fingerprint density at radius 2 is 0.961 bits per heavy atom. The number of nitrogens with two attached hydrogens (primary N) is 1. The maximum absolute atomic E-state index is 12.6. The number of esters is 2. The number of phosphoric acid groups is 1. The summed E-state index contributed by atoms with van der Waals surface area (Å²) in [6, 6.07) is 0. The molecule has 0 bridgehead atoms. The Bertz CT molecular complexity index is 856. The Balaban J connectivity index is 4.16. The number of hydrogen-bond donors (Lipinski definition) is 2. The molecule has 0 amide bonds. The van der Waals surface area contributed by atoms with Crippen molar-refractivity contribution in [3.63, 3.8) is 0 Å². The summed E-state index contributed by atoms with van der Waals surface area (Å²) >= 11 is 0. The van der Waals surface area contributed by atoms with Gasteiger partial charge in [0.2, 0.25) is 0 Å². The van der Waals surface area contributed by atoms with Crippen molar-refractivity contribution in [1.82, 2.24) is 0 Å². The second-order valence-corrected chi connectivity index (χ2v) is 15.7. The molecule has 0 radical (unpaired) electrons. The third kappa shape index (κ3) is 38.3. The maximum Gasteiger partial charge on any atom is 0.472 e. The molecule has 2 atom stereocenters. The molecule has 0 aliphatic heterocycles. The van der Waals surface area contributed by atoms with Gasteiger partial charge in [-0.15, -0.1) is 0 Å². The molecule has 0 fully saturated rings. The summed E-state index contributed by atoms with van der Waals surface area (Å²) in [6.45, 7) is 3.74. The molecule has 0 spiro atoms. The van der Waals surface area contributed by atoms with Gasteiger partial charge >= 0.3 is 19.8 Å². The molecule has 0 aromatic carbocycles. The summed E-state index contributed by atoms with van der Waals surface area (Å²) in [7, 11) is -4.37. The van der Waals surface area contributed by atoms with E-state index < -0.39 is 26.5 Å². The number of phosphoric ester groups is 1. The summed E-state index contributed by atoms with van der Waals surface area (Å²) in [5, 5.41) is 0. The Labute approximate surface area is 313 Å². The lowest BCUT2D eigenvalue weighted by molar-refractivity contribution is -0.161. The SMILES string of the molecule is CCCCCCCCC/C=C\CCCCCCCC(=O)O[C@H](COC(=O)CCCCCCCCCCCCCCCC)COP(=O)(O)OCCN. The Morgan fingerprint density at radius 3 is 1.39 bits per heavy atom. The maximum atomic E-state index is 12.6. The molecule has 0 aliphatic rings. The van der Waals surface area contributed by atoms with Crippen LogP contribution in [0.4, 0.5) is 0 Å². The van der Waals surface area contributed by atoms with E-state index in [9.17, 15) is 19.0 Å². The smallest absolute Gasteiger partial charge is 0.462 e. The standard InChI is InChI=1S/C41H80NO8P/c1-3-5-7-9-11-13-15-17-19-20-22-24-26-28-30-32-34-41(44)50-39(38-49-51(45,46)48-36-35-42)37-47-40(43)33-31-29-27-25-23-21-18-16-14-12-10-8-6-4-2/h19-20,39H,3-18,21-38,42H2,1-2H3,(H,45,46)/b20-19-/t39-/m1/s1. The number of ether oxygens (including phenoxy) is 2. The number of unbranched alkanes of at least 4 members (excludes halogenated alkanes) is 25. The van der Waals surface area contributed by atoms with Gasteiger partial charge in [-0.3, -0.25) is 18.6 Å². The van der Waals surface area contributed by atoms with Crippen molar-refractivity contribution in [1.29, 1.82) is 0 Å². The van der Waals surface area contributed by atoms with Gasteiger partial charge in [0, 0.05) is 19.4 Å². The average Bonchev–Trinajstić information content (AvgIpc) is 3.11. The molecule has 10 heteroatoms. The fourth-order valence-electron chi connectivity index (χ4n) is 5.98. The second-order valence-electron chi connectivity index (χ2n) is 14.2. The number of carbonyl (C=O) groups is 2. The van der Waals surface area contributed by atoms with Crippen LogP contribution in [0.5, 0.6) is 0 Å². The monoisotopic (exact) mass is 746 g/mol. The minimum Gasteiger partial charge on any atom is -0.462 e. The number of rotatable bonds is 40. The largest absolute Gasteiger partial charge is 0.472 e. The zero-order valence-electron chi connectivity index (χ0n) is 33.1. The molecule has 9 nitrogen and oxygen atoms in total.